The molecule has 25 heavy (non-hydrogen) atoms. The van der Waals surface area contributed by atoms with Gasteiger partial charge in [0.2, 0.25) is 4.80 Å². The molecule has 2 heterocycles. The third-order valence-electron chi connectivity index (χ3n) is 3.67. The van der Waals surface area contributed by atoms with Gasteiger partial charge in [-0.05, 0) is 38.8 Å². The van der Waals surface area contributed by atoms with Crippen molar-refractivity contribution in [3.8, 4) is 0 Å². The van der Waals surface area contributed by atoms with Crippen molar-refractivity contribution in [3.63, 3.8) is 0 Å². The fourth-order valence-corrected chi connectivity index (χ4v) is 3.62. The third kappa shape index (κ3) is 3.93. The molecule has 0 N–H and O–H groups in total. The number of carbonyl (C=O) groups is 1. The predicted octanol–water partition coefficient (Wildman–Crippen LogP) is 4.12. The predicted molar refractivity (Wildman–Crippen MR) is 94.8 cm³/mol. The van der Waals surface area contributed by atoms with Crippen molar-refractivity contribution in [2.24, 2.45) is 10.9 Å². The first-order valence-electron chi connectivity index (χ1n) is 7.96. The standard InChI is InChI=1S/C17H19ClFN3O2S/c1-9-5-14-21-25-16(22(14)8-9)20-13-6-10(11(18)7-12(13)19)15(23)24-17(2,3)4/h6-7,9H,5,8H2,1-4H3. The van der Waals surface area contributed by atoms with Crippen molar-refractivity contribution < 1.29 is 13.9 Å². The number of esters is 1. The molecule has 134 valence electrons. The van der Waals surface area contributed by atoms with Gasteiger partial charge in [-0.2, -0.15) is 4.37 Å². The lowest BCUT2D eigenvalue weighted by Crippen LogP contribution is -2.24. The van der Waals surface area contributed by atoms with Crippen LogP contribution in [0.1, 0.15) is 43.9 Å². The summed E-state index contributed by atoms with van der Waals surface area (Å²) in [6.45, 7) is 8.20. The van der Waals surface area contributed by atoms with Crippen LogP contribution in [0.25, 0.3) is 0 Å². The maximum Gasteiger partial charge on any atom is 0.340 e. The van der Waals surface area contributed by atoms with Gasteiger partial charge in [-0.15, -0.1) is 0 Å². The number of halogens is 2. The van der Waals surface area contributed by atoms with Gasteiger partial charge in [0.25, 0.3) is 0 Å². The zero-order valence-electron chi connectivity index (χ0n) is 14.5. The first kappa shape index (κ1) is 18.1. The summed E-state index contributed by atoms with van der Waals surface area (Å²) in [5.74, 6) is 0.242. The van der Waals surface area contributed by atoms with E-state index in [9.17, 15) is 9.18 Å². The van der Waals surface area contributed by atoms with E-state index in [0.717, 1.165) is 24.9 Å². The molecular formula is C17H19ClFN3O2S. The number of nitrogens with zero attached hydrogens (tertiary/aromatic N) is 3. The van der Waals surface area contributed by atoms with E-state index in [-0.39, 0.29) is 16.3 Å². The summed E-state index contributed by atoms with van der Waals surface area (Å²) in [7, 11) is 0. The zero-order valence-corrected chi connectivity index (χ0v) is 16.0. The summed E-state index contributed by atoms with van der Waals surface area (Å²) in [6, 6.07) is 2.42. The minimum Gasteiger partial charge on any atom is -0.456 e. The number of benzene rings is 1. The molecule has 0 spiro atoms. The molecule has 1 atom stereocenters. The van der Waals surface area contributed by atoms with Gasteiger partial charge in [0.05, 0.1) is 10.6 Å². The van der Waals surface area contributed by atoms with Crippen molar-refractivity contribution in [2.45, 2.75) is 46.3 Å². The van der Waals surface area contributed by atoms with E-state index in [4.69, 9.17) is 16.3 Å². The normalized spacial score (nSPS) is 17.7. The number of ether oxygens (including phenoxy) is 1. The SMILES string of the molecule is CC1Cc2nsc(=Nc3cc(C(=O)OC(C)(C)C)c(Cl)cc3F)n2C1. The molecule has 0 saturated carbocycles. The summed E-state index contributed by atoms with van der Waals surface area (Å²) in [5.41, 5.74) is -0.531. The molecule has 1 unspecified atom stereocenters. The van der Waals surface area contributed by atoms with Crippen LogP contribution in [0.2, 0.25) is 5.02 Å². The van der Waals surface area contributed by atoms with Gasteiger partial charge in [-0.25, -0.2) is 14.2 Å². The Kier molecular flexibility index (Phi) is 4.72. The van der Waals surface area contributed by atoms with Gasteiger partial charge >= 0.3 is 5.97 Å². The number of carbonyl (C=O) groups excluding carboxylic acids is 1. The van der Waals surface area contributed by atoms with Crippen molar-refractivity contribution >= 4 is 34.8 Å². The van der Waals surface area contributed by atoms with E-state index in [1.165, 1.54) is 17.6 Å². The molecule has 1 aromatic heterocycles. The second-order valence-electron chi connectivity index (χ2n) is 7.20. The maximum absolute atomic E-state index is 14.3. The fourth-order valence-electron chi connectivity index (χ4n) is 2.62. The smallest absolute Gasteiger partial charge is 0.340 e. The summed E-state index contributed by atoms with van der Waals surface area (Å²) in [4.78, 5) is 17.3. The average Bonchev–Trinajstić information content (AvgIpc) is 3.00. The molecule has 1 aromatic carbocycles. The Morgan fingerprint density at radius 2 is 2.20 bits per heavy atom. The molecule has 0 radical (unpaired) electrons. The number of hydrogen-bond acceptors (Lipinski definition) is 5. The molecule has 1 aliphatic rings. The van der Waals surface area contributed by atoms with Crippen LogP contribution < -0.4 is 4.80 Å². The first-order chi connectivity index (χ1) is 11.6. The zero-order chi connectivity index (χ0) is 18.4. The Balaban J connectivity index is 2.02. The molecule has 0 fully saturated rings. The second kappa shape index (κ2) is 6.53. The number of aromatic nitrogens is 2. The highest BCUT2D eigenvalue weighted by Crippen LogP contribution is 2.28. The topological polar surface area (TPSA) is 56.5 Å². The molecule has 0 bridgehead atoms. The van der Waals surface area contributed by atoms with Gasteiger partial charge in [0.15, 0.2) is 0 Å². The monoisotopic (exact) mass is 383 g/mol. The van der Waals surface area contributed by atoms with Crippen LogP contribution in [0.15, 0.2) is 17.1 Å². The van der Waals surface area contributed by atoms with E-state index < -0.39 is 17.4 Å². The van der Waals surface area contributed by atoms with E-state index in [1.54, 1.807) is 20.8 Å². The third-order valence-corrected chi connectivity index (χ3v) is 4.76. The maximum atomic E-state index is 14.3. The lowest BCUT2D eigenvalue weighted by Gasteiger charge is -2.20. The number of rotatable bonds is 2. The minimum absolute atomic E-state index is 0.00140. The number of fused-ring (bicyclic) bond motifs is 1. The van der Waals surface area contributed by atoms with Crippen LogP contribution in [-0.4, -0.2) is 20.5 Å². The van der Waals surface area contributed by atoms with Gasteiger partial charge in [0, 0.05) is 24.5 Å². The molecule has 1 aliphatic heterocycles. The molecule has 5 nitrogen and oxygen atoms in total. The number of hydrogen-bond donors (Lipinski definition) is 0. The van der Waals surface area contributed by atoms with Gasteiger partial charge in [-0.1, -0.05) is 18.5 Å². The Morgan fingerprint density at radius 3 is 2.88 bits per heavy atom. The summed E-state index contributed by atoms with van der Waals surface area (Å²) < 4.78 is 26.0. The fraction of sp³-hybridized carbons (Fsp3) is 0.471. The van der Waals surface area contributed by atoms with Crippen LogP contribution in [0.4, 0.5) is 10.1 Å². The molecular weight excluding hydrogens is 365 g/mol. The molecule has 0 aliphatic carbocycles. The Labute approximate surface area is 154 Å². The van der Waals surface area contributed by atoms with E-state index in [2.05, 4.69) is 16.3 Å². The van der Waals surface area contributed by atoms with Crippen molar-refractivity contribution in [1.29, 1.82) is 0 Å². The highest BCUT2D eigenvalue weighted by atomic mass is 35.5. The summed E-state index contributed by atoms with van der Waals surface area (Å²) in [5, 5.41) is 0.00140. The molecule has 0 saturated heterocycles. The Morgan fingerprint density at radius 1 is 1.48 bits per heavy atom. The largest absolute Gasteiger partial charge is 0.456 e. The van der Waals surface area contributed by atoms with E-state index >= 15 is 0 Å². The summed E-state index contributed by atoms with van der Waals surface area (Å²) in [6.07, 6.45) is 0.887. The highest BCUT2D eigenvalue weighted by molar-refractivity contribution is 7.02. The van der Waals surface area contributed by atoms with Crippen LogP contribution in [0, 0.1) is 11.7 Å². The summed E-state index contributed by atoms with van der Waals surface area (Å²) >= 11 is 7.24. The van der Waals surface area contributed by atoms with E-state index in [1.807, 2.05) is 4.57 Å². The Bertz CT molecular complexity index is 898. The average molecular weight is 384 g/mol. The van der Waals surface area contributed by atoms with Gasteiger partial charge in [-0.3, -0.25) is 0 Å². The van der Waals surface area contributed by atoms with Gasteiger partial charge < -0.3 is 9.30 Å². The lowest BCUT2D eigenvalue weighted by atomic mass is 10.1. The van der Waals surface area contributed by atoms with Crippen molar-refractivity contribution in [2.75, 3.05) is 0 Å². The highest BCUT2D eigenvalue weighted by Gasteiger charge is 2.23. The second-order valence-corrected chi connectivity index (χ2v) is 8.34. The van der Waals surface area contributed by atoms with Crippen LogP contribution >= 0.6 is 23.1 Å². The minimum atomic E-state index is -0.670. The van der Waals surface area contributed by atoms with Crippen LogP contribution in [0.3, 0.4) is 0 Å². The van der Waals surface area contributed by atoms with Crippen LogP contribution in [0.5, 0.6) is 0 Å². The molecule has 0 amide bonds. The Hall–Kier alpha value is -1.73. The quantitative estimate of drug-likeness (QED) is 0.733. The van der Waals surface area contributed by atoms with E-state index in [0.29, 0.717) is 10.7 Å². The molecule has 8 heteroatoms. The van der Waals surface area contributed by atoms with Gasteiger partial charge in [0.1, 0.15) is 22.9 Å². The molecule has 2 aromatic rings. The van der Waals surface area contributed by atoms with Crippen LogP contribution in [-0.2, 0) is 17.7 Å². The van der Waals surface area contributed by atoms with Crippen molar-refractivity contribution in [1.82, 2.24) is 8.94 Å². The first-order valence-corrected chi connectivity index (χ1v) is 9.11. The molecule has 3 rings (SSSR count). The van der Waals surface area contributed by atoms with Crippen molar-refractivity contribution in [3.05, 3.63) is 39.2 Å². The lowest BCUT2D eigenvalue weighted by molar-refractivity contribution is 0.00697.